The van der Waals surface area contributed by atoms with Crippen molar-refractivity contribution in [2.75, 3.05) is 33.9 Å². The zero-order chi connectivity index (χ0) is 18.2. The molecule has 0 spiro atoms. The summed E-state index contributed by atoms with van der Waals surface area (Å²) in [4.78, 5) is 4.31. The first kappa shape index (κ1) is 18.1. The molecule has 0 saturated heterocycles. The number of aliphatic imine (C=N–C) groups is 1. The molecule has 26 heavy (non-hydrogen) atoms. The maximum atomic E-state index is 5.70. The van der Waals surface area contributed by atoms with Crippen molar-refractivity contribution in [2.45, 2.75) is 18.3 Å². The molecule has 0 radical (unpaired) electrons. The van der Waals surface area contributed by atoms with E-state index in [4.69, 9.17) is 9.47 Å². The molecule has 0 aromatic heterocycles. The molecule has 1 aliphatic rings. The molecule has 0 amide bonds. The summed E-state index contributed by atoms with van der Waals surface area (Å²) in [5.41, 5.74) is 1.42. The molecule has 5 nitrogen and oxygen atoms in total. The van der Waals surface area contributed by atoms with Gasteiger partial charge >= 0.3 is 0 Å². The molecule has 1 saturated carbocycles. The minimum atomic E-state index is 0.144. The number of rotatable bonds is 8. The van der Waals surface area contributed by atoms with Crippen LogP contribution in [0.3, 0.4) is 0 Å². The monoisotopic (exact) mass is 353 g/mol. The van der Waals surface area contributed by atoms with E-state index in [1.165, 1.54) is 5.56 Å². The van der Waals surface area contributed by atoms with Gasteiger partial charge in [-0.3, -0.25) is 4.99 Å². The SMILES string of the molecule is CN=C(NCCOc1ccccc1)NCC1(c2ccccc2OC)CC1. The van der Waals surface area contributed by atoms with Gasteiger partial charge in [0, 0.05) is 24.6 Å². The summed E-state index contributed by atoms with van der Waals surface area (Å²) in [5, 5.41) is 6.75. The lowest BCUT2D eigenvalue weighted by atomic mass is 9.95. The van der Waals surface area contributed by atoms with Crippen molar-refractivity contribution < 1.29 is 9.47 Å². The molecule has 2 aromatic rings. The quantitative estimate of drug-likeness (QED) is 0.435. The number of benzene rings is 2. The van der Waals surface area contributed by atoms with E-state index in [-0.39, 0.29) is 5.41 Å². The largest absolute Gasteiger partial charge is 0.496 e. The highest BCUT2D eigenvalue weighted by Crippen LogP contribution is 2.50. The smallest absolute Gasteiger partial charge is 0.191 e. The van der Waals surface area contributed by atoms with Crippen LogP contribution in [0.4, 0.5) is 0 Å². The topological polar surface area (TPSA) is 54.9 Å². The Morgan fingerprint density at radius 2 is 1.77 bits per heavy atom. The highest BCUT2D eigenvalue weighted by atomic mass is 16.5. The Morgan fingerprint density at radius 1 is 1.04 bits per heavy atom. The molecule has 0 aliphatic heterocycles. The fraction of sp³-hybridized carbons (Fsp3) is 0.381. The van der Waals surface area contributed by atoms with Crippen LogP contribution in [0.25, 0.3) is 0 Å². The zero-order valence-corrected chi connectivity index (χ0v) is 15.5. The van der Waals surface area contributed by atoms with Gasteiger partial charge in [-0.05, 0) is 31.0 Å². The normalized spacial score (nSPS) is 15.2. The number of nitrogens with one attached hydrogen (secondary N) is 2. The predicted molar refractivity (Wildman–Crippen MR) is 105 cm³/mol. The third-order valence-electron chi connectivity index (χ3n) is 4.76. The summed E-state index contributed by atoms with van der Waals surface area (Å²) in [6.45, 7) is 2.12. The van der Waals surface area contributed by atoms with Gasteiger partial charge in [0.15, 0.2) is 5.96 Å². The van der Waals surface area contributed by atoms with Crippen molar-refractivity contribution in [1.29, 1.82) is 0 Å². The maximum absolute atomic E-state index is 5.70. The Morgan fingerprint density at radius 3 is 2.46 bits per heavy atom. The highest BCUT2D eigenvalue weighted by molar-refractivity contribution is 5.79. The van der Waals surface area contributed by atoms with Crippen LogP contribution in [0, 0.1) is 0 Å². The molecule has 2 N–H and O–H groups in total. The van der Waals surface area contributed by atoms with E-state index in [0.717, 1.165) is 36.8 Å². The van der Waals surface area contributed by atoms with E-state index in [2.05, 4.69) is 27.8 Å². The Bertz CT molecular complexity index is 727. The fourth-order valence-electron chi connectivity index (χ4n) is 3.10. The molecule has 5 heteroatoms. The summed E-state index contributed by atoms with van der Waals surface area (Å²) >= 11 is 0. The van der Waals surface area contributed by atoms with Crippen LogP contribution in [0.1, 0.15) is 18.4 Å². The van der Waals surface area contributed by atoms with Crippen molar-refractivity contribution in [3.05, 3.63) is 60.2 Å². The van der Waals surface area contributed by atoms with Crippen molar-refractivity contribution in [3.8, 4) is 11.5 Å². The first-order valence-corrected chi connectivity index (χ1v) is 9.03. The van der Waals surface area contributed by atoms with Crippen LogP contribution in [0.5, 0.6) is 11.5 Å². The number of methoxy groups -OCH3 is 1. The summed E-state index contributed by atoms with van der Waals surface area (Å²) in [6.07, 6.45) is 2.32. The number of hydrogen-bond donors (Lipinski definition) is 2. The average Bonchev–Trinajstić information content (AvgIpc) is 3.49. The van der Waals surface area contributed by atoms with Crippen LogP contribution in [0.15, 0.2) is 59.6 Å². The summed E-state index contributed by atoms with van der Waals surface area (Å²) in [6, 6.07) is 18.1. The van der Waals surface area contributed by atoms with E-state index in [1.54, 1.807) is 14.2 Å². The van der Waals surface area contributed by atoms with Crippen LogP contribution in [-0.2, 0) is 5.41 Å². The van der Waals surface area contributed by atoms with Gasteiger partial charge in [0.2, 0.25) is 0 Å². The maximum Gasteiger partial charge on any atom is 0.191 e. The molecule has 0 unspecified atom stereocenters. The van der Waals surface area contributed by atoms with Crippen LogP contribution >= 0.6 is 0 Å². The van der Waals surface area contributed by atoms with E-state index in [0.29, 0.717) is 13.2 Å². The third kappa shape index (κ3) is 4.48. The average molecular weight is 353 g/mol. The summed E-state index contributed by atoms with van der Waals surface area (Å²) in [7, 11) is 3.52. The van der Waals surface area contributed by atoms with Gasteiger partial charge in [-0.1, -0.05) is 36.4 Å². The number of para-hydroxylation sites is 2. The fourth-order valence-corrected chi connectivity index (χ4v) is 3.10. The standard InChI is InChI=1S/C21H27N3O2/c1-22-20(23-14-15-26-17-8-4-3-5-9-17)24-16-21(12-13-21)18-10-6-7-11-19(18)25-2/h3-11H,12-16H2,1-2H3,(H2,22,23,24). The van der Waals surface area contributed by atoms with Gasteiger partial charge in [-0.2, -0.15) is 0 Å². The van der Waals surface area contributed by atoms with E-state index in [9.17, 15) is 0 Å². The minimum absolute atomic E-state index is 0.144. The molecule has 1 fully saturated rings. The molecule has 0 bridgehead atoms. The predicted octanol–water partition coefficient (Wildman–Crippen LogP) is 2.97. The highest BCUT2D eigenvalue weighted by Gasteiger charge is 2.45. The van der Waals surface area contributed by atoms with Gasteiger partial charge in [-0.25, -0.2) is 0 Å². The second-order valence-electron chi connectivity index (χ2n) is 6.49. The van der Waals surface area contributed by atoms with Crippen molar-refractivity contribution in [1.82, 2.24) is 10.6 Å². The lowest BCUT2D eigenvalue weighted by Crippen LogP contribution is -2.42. The Kier molecular flexibility index (Phi) is 6.00. The molecule has 0 heterocycles. The summed E-state index contributed by atoms with van der Waals surface area (Å²) in [5.74, 6) is 2.64. The molecular formula is C21H27N3O2. The van der Waals surface area contributed by atoms with Crippen molar-refractivity contribution >= 4 is 5.96 Å². The molecule has 138 valence electrons. The zero-order valence-electron chi connectivity index (χ0n) is 15.5. The van der Waals surface area contributed by atoms with E-state index < -0.39 is 0 Å². The van der Waals surface area contributed by atoms with E-state index >= 15 is 0 Å². The van der Waals surface area contributed by atoms with Crippen LogP contribution in [0.2, 0.25) is 0 Å². The van der Waals surface area contributed by atoms with Gasteiger partial charge in [-0.15, -0.1) is 0 Å². The van der Waals surface area contributed by atoms with E-state index in [1.807, 2.05) is 42.5 Å². The Labute approximate surface area is 155 Å². The Balaban J connectivity index is 1.47. The van der Waals surface area contributed by atoms with Gasteiger partial charge < -0.3 is 20.1 Å². The van der Waals surface area contributed by atoms with Gasteiger partial charge in [0.05, 0.1) is 13.7 Å². The first-order chi connectivity index (χ1) is 12.8. The minimum Gasteiger partial charge on any atom is -0.496 e. The molecule has 3 rings (SSSR count). The lowest BCUT2D eigenvalue weighted by molar-refractivity contribution is 0.322. The molecule has 2 aromatic carbocycles. The molecular weight excluding hydrogens is 326 g/mol. The number of hydrogen-bond acceptors (Lipinski definition) is 3. The second-order valence-corrected chi connectivity index (χ2v) is 6.49. The number of ether oxygens (including phenoxy) is 2. The first-order valence-electron chi connectivity index (χ1n) is 9.03. The molecule has 0 atom stereocenters. The Hall–Kier alpha value is -2.69. The van der Waals surface area contributed by atoms with Gasteiger partial charge in [0.1, 0.15) is 18.1 Å². The van der Waals surface area contributed by atoms with Crippen molar-refractivity contribution in [2.24, 2.45) is 4.99 Å². The third-order valence-corrected chi connectivity index (χ3v) is 4.76. The number of guanidine groups is 1. The second kappa shape index (κ2) is 8.61. The molecule has 1 aliphatic carbocycles. The summed E-state index contributed by atoms with van der Waals surface area (Å²) < 4.78 is 11.2. The van der Waals surface area contributed by atoms with Crippen molar-refractivity contribution in [3.63, 3.8) is 0 Å². The lowest BCUT2D eigenvalue weighted by Gasteiger charge is -2.21. The number of nitrogens with zero attached hydrogens (tertiary/aromatic N) is 1. The van der Waals surface area contributed by atoms with Crippen LogP contribution in [-0.4, -0.2) is 39.8 Å². The van der Waals surface area contributed by atoms with Gasteiger partial charge in [0.25, 0.3) is 0 Å². The van der Waals surface area contributed by atoms with Crippen LogP contribution < -0.4 is 20.1 Å².